The summed E-state index contributed by atoms with van der Waals surface area (Å²) in [4.78, 5) is 38.1. The predicted octanol–water partition coefficient (Wildman–Crippen LogP) is 3.19. The van der Waals surface area contributed by atoms with E-state index in [0.29, 0.717) is 13.0 Å². The maximum atomic E-state index is 12.7. The normalized spacial score (nSPS) is 20.5. The maximum absolute atomic E-state index is 12.7. The number of urea groups is 1. The van der Waals surface area contributed by atoms with Crippen LogP contribution in [0.5, 0.6) is 0 Å². The standard InChI is InChI=1S/C21H31N3O3/c1-4-5-6-10-13-21(3)19(26)24(20(27)23-21)15-18(25)22-14-16(2)17-11-8-7-9-12-17/h7-9,11-12,16H,4-6,10,13-15H2,1-3H3,(H,22,25)(H,23,27). The van der Waals surface area contributed by atoms with Crippen molar-refractivity contribution in [2.45, 2.75) is 64.3 Å². The van der Waals surface area contributed by atoms with E-state index in [1.54, 1.807) is 6.92 Å². The molecule has 0 aromatic heterocycles. The number of carbonyl (C=O) groups excluding carboxylic acids is 3. The smallest absolute Gasteiger partial charge is 0.325 e. The summed E-state index contributed by atoms with van der Waals surface area (Å²) in [5.74, 6) is -0.478. The van der Waals surface area contributed by atoms with Crippen LogP contribution in [0, 0.1) is 0 Å². The average molecular weight is 373 g/mol. The summed E-state index contributed by atoms with van der Waals surface area (Å²) in [5.41, 5.74) is 0.232. The van der Waals surface area contributed by atoms with Crippen LogP contribution in [0.25, 0.3) is 0 Å². The Bertz CT molecular complexity index is 662. The first-order valence-electron chi connectivity index (χ1n) is 9.83. The molecule has 1 aliphatic heterocycles. The summed E-state index contributed by atoms with van der Waals surface area (Å²) >= 11 is 0. The van der Waals surface area contributed by atoms with Crippen LogP contribution in [-0.4, -0.2) is 41.4 Å². The van der Waals surface area contributed by atoms with E-state index < -0.39 is 11.6 Å². The van der Waals surface area contributed by atoms with Crippen LogP contribution in [0.2, 0.25) is 0 Å². The highest BCUT2D eigenvalue weighted by atomic mass is 16.2. The third kappa shape index (κ3) is 5.55. The van der Waals surface area contributed by atoms with E-state index in [4.69, 9.17) is 0 Å². The van der Waals surface area contributed by atoms with Crippen molar-refractivity contribution in [2.24, 2.45) is 0 Å². The van der Waals surface area contributed by atoms with Crippen molar-refractivity contribution < 1.29 is 14.4 Å². The van der Waals surface area contributed by atoms with Gasteiger partial charge in [-0.25, -0.2) is 4.79 Å². The molecule has 6 nitrogen and oxygen atoms in total. The molecule has 0 aliphatic carbocycles. The zero-order valence-corrected chi connectivity index (χ0v) is 16.6. The number of amides is 4. The molecule has 0 spiro atoms. The Morgan fingerprint density at radius 3 is 2.56 bits per heavy atom. The summed E-state index contributed by atoms with van der Waals surface area (Å²) in [7, 11) is 0. The van der Waals surface area contributed by atoms with Crippen LogP contribution in [0.15, 0.2) is 30.3 Å². The van der Waals surface area contributed by atoms with Gasteiger partial charge in [-0.3, -0.25) is 14.5 Å². The second-order valence-corrected chi connectivity index (χ2v) is 7.58. The summed E-state index contributed by atoms with van der Waals surface area (Å²) in [6, 6.07) is 9.41. The van der Waals surface area contributed by atoms with Crippen LogP contribution in [0.4, 0.5) is 4.79 Å². The Morgan fingerprint density at radius 1 is 1.19 bits per heavy atom. The van der Waals surface area contributed by atoms with E-state index in [-0.39, 0.29) is 24.3 Å². The molecule has 4 amide bonds. The number of hydrogen-bond acceptors (Lipinski definition) is 3. The van der Waals surface area contributed by atoms with Crippen LogP contribution in [0.3, 0.4) is 0 Å². The van der Waals surface area contributed by atoms with E-state index in [0.717, 1.165) is 36.1 Å². The number of nitrogens with one attached hydrogen (secondary N) is 2. The van der Waals surface area contributed by atoms with E-state index in [2.05, 4.69) is 17.6 Å². The van der Waals surface area contributed by atoms with Gasteiger partial charge in [0.15, 0.2) is 0 Å². The van der Waals surface area contributed by atoms with Crippen molar-refractivity contribution in [1.82, 2.24) is 15.5 Å². The van der Waals surface area contributed by atoms with E-state index >= 15 is 0 Å². The molecular weight excluding hydrogens is 342 g/mol. The summed E-state index contributed by atoms with van der Waals surface area (Å²) < 4.78 is 0. The first-order valence-corrected chi connectivity index (χ1v) is 9.83. The summed E-state index contributed by atoms with van der Waals surface area (Å²) in [6.45, 7) is 6.12. The first kappa shape index (κ1) is 20.9. The van der Waals surface area contributed by atoms with Gasteiger partial charge >= 0.3 is 6.03 Å². The van der Waals surface area contributed by atoms with Crippen LogP contribution in [0.1, 0.15) is 64.4 Å². The number of benzene rings is 1. The molecule has 148 valence electrons. The highest BCUT2D eigenvalue weighted by molar-refractivity contribution is 6.08. The number of rotatable bonds is 10. The highest BCUT2D eigenvalue weighted by Gasteiger charge is 2.47. The molecule has 0 radical (unpaired) electrons. The van der Waals surface area contributed by atoms with Gasteiger partial charge in [-0.05, 0) is 24.8 Å². The third-order valence-corrected chi connectivity index (χ3v) is 5.15. The molecule has 1 saturated heterocycles. The molecule has 1 aromatic carbocycles. The van der Waals surface area contributed by atoms with Crippen molar-refractivity contribution in [1.29, 1.82) is 0 Å². The summed E-state index contributed by atoms with van der Waals surface area (Å²) in [5, 5.41) is 5.58. The molecule has 2 unspecified atom stereocenters. The van der Waals surface area contributed by atoms with Crippen molar-refractivity contribution in [2.75, 3.05) is 13.1 Å². The lowest BCUT2D eigenvalue weighted by atomic mass is 9.94. The quantitative estimate of drug-likeness (QED) is 0.488. The Labute approximate surface area is 161 Å². The van der Waals surface area contributed by atoms with Gasteiger partial charge < -0.3 is 10.6 Å². The van der Waals surface area contributed by atoms with Gasteiger partial charge in [0.1, 0.15) is 12.1 Å². The van der Waals surface area contributed by atoms with Crippen molar-refractivity contribution >= 4 is 17.8 Å². The van der Waals surface area contributed by atoms with Gasteiger partial charge in [0.2, 0.25) is 5.91 Å². The second-order valence-electron chi connectivity index (χ2n) is 7.58. The Kier molecular flexibility index (Phi) is 7.39. The number of imide groups is 1. The first-order chi connectivity index (χ1) is 12.9. The van der Waals surface area contributed by atoms with Crippen molar-refractivity contribution in [3.05, 3.63) is 35.9 Å². The van der Waals surface area contributed by atoms with Gasteiger partial charge in [0.25, 0.3) is 5.91 Å². The fourth-order valence-electron chi connectivity index (χ4n) is 3.33. The molecule has 1 aromatic rings. The Balaban J connectivity index is 1.84. The van der Waals surface area contributed by atoms with Gasteiger partial charge in [0.05, 0.1) is 0 Å². The minimum Gasteiger partial charge on any atom is -0.354 e. The lowest BCUT2D eigenvalue weighted by Gasteiger charge is -2.21. The summed E-state index contributed by atoms with van der Waals surface area (Å²) in [6.07, 6.45) is 4.74. The topological polar surface area (TPSA) is 78.5 Å². The van der Waals surface area contributed by atoms with Gasteiger partial charge in [0, 0.05) is 6.54 Å². The van der Waals surface area contributed by atoms with Crippen molar-refractivity contribution in [3.8, 4) is 0 Å². The molecule has 1 heterocycles. The Hall–Kier alpha value is -2.37. The van der Waals surface area contributed by atoms with E-state index in [1.807, 2.05) is 37.3 Å². The van der Waals surface area contributed by atoms with Gasteiger partial charge in [-0.1, -0.05) is 69.9 Å². The van der Waals surface area contributed by atoms with Crippen LogP contribution in [-0.2, 0) is 9.59 Å². The maximum Gasteiger partial charge on any atom is 0.325 e. The van der Waals surface area contributed by atoms with Crippen molar-refractivity contribution in [3.63, 3.8) is 0 Å². The molecule has 2 atom stereocenters. The van der Waals surface area contributed by atoms with Crippen LogP contribution >= 0.6 is 0 Å². The molecule has 1 aliphatic rings. The number of carbonyl (C=O) groups is 3. The molecule has 27 heavy (non-hydrogen) atoms. The monoisotopic (exact) mass is 373 g/mol. The second kappa shape index (κ2) is 9.53. The zero-order chi connectivity index (χ0) is 19.9. The lowest BCUT2D eigenvalue weighted by molar-refractivity contribution is -0.134. The van der Waals surface area contributed by atoms with Gasteiger partial charge in [-0.15, -0.1) is 0 Å². The molecule has 1 fully saturated rings. The minimum atomic E-state index is -0.900. The zero-order valence-electron chi connectivity index (χ0n) is 16.6. The number of nitrogens with zero attached hydrogens (tertiary/aromatic N) is 1. The molecular formula is C21H31N3O3. The number of unbranched alkanes of at least 4 members (excludes halogenated alkanes) is 3. The van der Waals surface area contributed by atoms with E-state index in [9.17, 15) is 14.4 Å². The lowest BCUT2D eigenvalue weighted by Crippen LogP contribution is -2.45. The molecule has 6 heteroatoms. The third-order valence-electron chi connectivity index (χ3n) is 5.15. The Morgan fingerprint density at radius 2 is 1.89 bits per heavy atom. The number of hydrogen-bond donors (Lipinski definition) is 2. The fourth-order valence-corrected chi connectivity index (χ4v) is 3.33. The molecule has 0 bridgehead atoms. The minimum absolute atomic E-state index is 0.155. The molecule has 2 rings (SSSR count). The molecule has 0 saturated carbocycles. The average Bonchev–Trinajstić information content (AvgIpc) is 2.87. The fraction of sp³-hybridized carbons (Fsp3) is 0.571. The van der Waals surface area contributed by atoms with E-state index in [1.165, 1.54) is 0 Å². The van der Waals surface area contributed by atoms with Crippen LogP contribution < -0.4 is 10.6 Å². The predicted molar refractivity (Wildman–Crippen MR) is 105 cm³/mol. The SMILES string of the molecule is CCCCCCC1(C)NC(=O)N(CC(=O)NCC(C)c2ccccc2)C1=O. The molecule has 2 N–H and O–H groups in total. The largest absolute Gasteiger partial charge is 0.354 e. The highest BCUT2D eigenvalue weighted by Crippen LogP contribution is 2.24. The van der Waals surface area contributed by atoms with Gasteiger partial charge in [-0.2, -0.15) is 0 Å².